The molecule has 1 fully saturated rings. The van der Waals surface area contributed by atoms with Gasteiger partial charge in [0.2, 0.25) is 0 Å². The van der Waals surface area contributed by atoms with Gasteiger partial charge in [0.25, 0.3) is 0 Å². The van der Waals surface area contributed by atoms with E-state index in [0.29, 0.717) is 12.5 Å². The lowest BCUT2D eigenvalue weighted by Gasteiger charge is -2.32. The molecule has 1 aliphatic heterocycles. The highest BCUT2D eigenvalue weighted by atomic mass is 16.5. The van der Waals surface area contributed by atoms with Crippen LogP contribution in [0.25, 0.3) is 0 Å². The standard InChI is InChI=1S/C11H21NO2/c1-12-9-4-3-6-10(12)7-5-8-11(13)14-2/h10H,3-9H2,1-2H3. The number of carbonyl (C=O) groups is 1. The summed E-state index contributed by atoms with van der Waals surface area (Å²) in [6.07, 6.45) is 6.61. The fourth-order valence-corrected chi connectivity index (χ4v) is 2.09. The summed E-state index contributed by atoms with van der Waals surface area (Å²) in [4.78, 5) is 13.3. The van der Waals surface area contributed by atoms with Crippen LogP contribution in [0.4, 0.5) is 0 Å². The molecule has 0 radical (unpaired) electrons. The van der Waals surface area contributed by atoms with E-state index in [1.54, 1.807) is 0 Å². The second-order valence-electron chi connectivity index (χ2n) is 4.10. The monoisotopic (exact) mass is 199 g/mol. The zero-order valence-electron chi connectivity index (χ0n) is 9.29. The summed E-state index contributed by atoms with van der Waals surface area (Å²) < 4.78 is 4.61. The second-order valence-corrected chi connectivity index (χ2v) is 4.10. The molecule has 1 heterocycles. The summed E-state index contributed by atoms with van der Waals surface area (Å²) >= 11 is 0. The van der Waals surface area contributed by atoms with Crippen molar-refractivity contribution in [1.82, 2.24) is 4.90 Å². The van der Waals surface area contributed by atoms with Crippen LogP contribution in [0.15, 0.2) is 0 Å². The molecule has 0 aromatic heterocycles. The number of rotatable bonds is 4. The number of hydrogen-bond acceptors (Lipinski definition) is 3. The van der Waals surface area contributed by atoms with Gasteiger partial charge >= 0.3 is 5.97 Å². The van der Waals surface area contributed by atoms with Crippen LogP contribution in [-0.4, -0.2) is 37.6 Å². The first-order valence-corrected chi connectivity index (χ1v) is 5.51. The third kappa shape index (κ3) is 3.66. The van der Waals surface area contributed by atoms with E-state index in [-0.39, 0.29) is 5.97 Å². The van der Waals surface area contributed by atoms with Crippen LogP contribution >= 0.6 is 0 Å². The highest BCUT2D eigenvalue weighted by Crippen LogP contribution is 2.19. The summed E-state index contributed by atoms with van der Waals surface area (Å²) in [5, 5.41) is 0. The Balaban J connectivity index is 2.13. The Kier molecular flexibility index (Phi) is 4.94. The van der Waals surface area contributed by atoms with Crippen molar-refractivity contribution < 1.29 is 9.53 Å². The smallest absolute Gasteiger partial charge is 0.305 e. The van der Waals surface area contributed by atoms with E-state index in [0.717, 1.165) is 12.8 Å². The van der Waals surface area contributed by atoms with Crippen molar-refractivity contribution in [2.75, 3.05) is 20.7 Å². The number of piperidine rings is 1. The highest BCUT2D eigenvalue weighted by Gasteiger charge is 2.18. The van der Waals surface area contributed by atoms with Gasteiger partial charge < -0.3 is 9.64 Å². The summed E-state index contributed by atoms with van der Waals surface area (Å²) in [6.45, 7) is 1.21. The predicted molar refractivity (Wildman–Crippen MR) is 56.1 cm³/mol. The zero-order valence-corrected chi connectivity index (χ0v) is 9.29. The lowest BCUT2D eigenvalue weighted by molar-refractivity contribution is -0.140. The molecule has 1 saturated heterocycles. The number of carbonyl (C=O) groups excluding carboxylic acids is 1. The molecule has 1 aliphatic rings. The predicted octanol–water partition coefficient (Wildman–Crippen LogP) is 1.81. The maximum atomic E-state index is 10.9. The lowest BCUT2D eigenvalue weighted by Crippen LogP contribution is -2.36. The van der Waals surface area contributed by atoms with E-state index in [2.05, 4.69) is 16.7 Å². The quantitative estimate of drug-likeness (QED) is 0.647. The van der Waals surface area contributed by atoms with Gasteiger partial charge in [-0.3, -0.25) is 4.79 Å². The zero-order chi connectivity index (χ0) is 10.4. The van der Waals surface area contributed by atoms with E-state index < -0.39 is 0 Å². The molecule has 0 saturated carbocycles. The maximum Gasteiger partial charge on any atom is 0.305 e. The lowest BCUT2D eigenvalue weighted by atomic mass is 9.98. The van der Waals surface area contributed by atoms with Gasteiger partial charge in [0.15, 0.2) is 0 Å². The van der Waals surface area contributed by atoms with Crippen molar-refractivity contribution in [3.8, 4) is 0 Å². The first kappa shape index (κ1) is 11.5. The first-order chi connectivity index (χ1) is 6.74. The summed E-state index contributed by atoms with van der Waals surface area (Å²) in [6, 6.07) is 0.688. The minimum absolute atomic E-state index is 0.0801. The van der Waals surface area contributed by atoms with Gasteiger partial charge in [0, 0.05) is 12.5 Å². The van der Waals surface area contributed by atoms with E-state index in [1.165, 1.54) is 32.9 Å². The third-order valence-corrected chi connectivity index (χ3v) is 3.07. The molecule has 0 aliphatic carbocycles. The number of nitrogens with zero attached hydrogens (tertiary/aromatic N) is 1. The van der Waals surface area contributed by atoms with Crippen LogP contribution in [0.5, 0.6) is 0 Å². The van der Waals surface area contributed by atoms with Crippen molar-refractivity contribution in [2.24, 2.45) is 0 Å². The normalized spacial score (nSPS) is 23.4. The van der Waals surface area contributed by atoms with Crippen LogP contribution < -0.4 is 0 Å². The molecule has 0 amide bonds. The Morgan fingerprint density at radius 1 is 1.50 bits per heavy atom. The molecule has 0 N–H and O–H groups in total. The molecule has 0 aromatic carbocycles. The second kappa shape index (κ2) is 6.02. The number of methoxy groups -OCH3 is 1. The van der Waals surface area contributed by atoms with E-state index in [1.807, 2.05) is 0 Å². The number of hydrogen-bond donors (Lipinski definition) is 0. The van der Waals surface area contributed by atoms with Gasteiger partial charge in [-0.2, -0.15) is 0 Å². The van der Waals surface area contributed by atoms with Crippen molar-refractivity contribution in [1.29, 1.82) is 0 Å². The molecule has 3 nitrogen and oxygen atoms in total. The Hall–Kier alpha value is -0.570. The topological polar surface area (TPSA) is 29.5 Å². The van der Waals surface area contributed by atoms with E-state index in [9.17, 15) is 4.79 Å². The van der Waals surface area contributed by atoms with Gasteiger partial charge in [0.05, 0.1) is 7.11 Å². The van der Waals surface area contributed by atoms with Crippen LogP contribution in [0.3, 0.4) is 0 Å². The maximum absolute atomic E-state index is 10.9. The summed E-state index contributed by atoms with van der Waals surface area (Å²) in [5.41, 5.74) is 0. The number of likely N-dealkylation sites (tertiary alicyclic amines) is 1. The fraction of sp³-hybridized carbons (Fsp3) is 0.909. The minimum atomic E-state index is -0.0801. The highest BCUT2D eigenvalue weighted by molar-refractivity contribution is 5.68. The summed E-state index contributed by atoms with van der Waals surface area (Å²) in [5.74, 6) is -0.0801. The molecule has 1 atom stereocenters. The molecular formula is C11H21NO2. The van der Waals surface area contributed by atoms with Gasteiger partial charge in [-0.1, -0.05) is 6.42 Å². The Labute approximate surface area is 86.4 Å². The molecule has 0 bridgehead atoms. The van der Waals surface area contributed by atoms with Crippen molar-refractivity contribution in [2.45, 2.75) is 44.6 Å². The number of esters is 1. The van der Waals surface area contributed by atoms with Gasteiger partial charge in [-0.15, -0.1) is 0 Å². The SMILES string of the molecule is COC(=O)CCCC1CCCCN1C. The minimum Gasteiger partial charge on any atom is -0.469 e. The van der Waals surface area contributed by atoms with Crippen LogP contribution in [0.2, 0.25) is 0 Å². The van der Waals surface area contributed by atoms with Gasteiger partial charge in [0.1, 0.15) is 0 Å². The fourth-order valence-electron chi connectivity index (χ4n) is 2.09. The molecule has 14 heavy (non-hydrogen) atoms. The molecule has 3 heteroatoms. The van der Waals surface area contributed by atoms with Crippen LogP contribution in [0.1, 0.15) is 38.5 Å². The third-order valence-electron chi connectivity index (χ3n) is 3.07. The van der Waals surface area contributed by atoms with Gasteiger partial charge in [-0.25, -0.2) is 0 Å². The van der Waals surface area contributed by atoms with Crippen LogP contribution in [0, 0.1) is 0 Å². The first-order valence-electron chi connectivity index (χ1n) is 5.51. The molecule has 0 spiro atoms. The van der Waals surface area contributed by atoms with Crippen molar-refractivity contribution in [3.63, 3.8) is 0 Å². The average Bonchev–Trinajstić information content (AvgIpc) is 2.20. The van der Waals surface area contributed by atoms with Crippen molar-refractivity contribution in [3.05, 3.63) is 0 Å². The molecular weight excluding hydrogens is 178 g/mol. The number of ether oxygens (including phenoxy) is 1. The molecule has 82 valence electrons. The van der Waals surface area contributed by atoms with Crippen LogP contribution in [-0.2, 0) is 9.53 Å². The Bertz CT molecular complexity index is 182. The summed E-state index contributed by atoms with van der Waals surface area (Å²) in [7, 11) is 3.64. The molecule has 0 aromatic rings. The molecule has 1 unspecified atom stereocenters. The van der Waals surface area contributed by atoms with E-state index >= 15 is 0 Å². The van der Waals surface area contributed by atoms with Crippen molar-refractivity contribution >= 4 is 5.97 Å². The largest absolute Gasteiger partial charge is 0.469 e. The molecule has 1 rings (SSSR count). The Morgan fingerprint density at radius 3 is 2.93 bits per heavy atom. The Morgan fingerprint density at radius 2 is 2.29 bits per heavy atom. The van der Waals surface area contributed by atoms with Gasteiger partial charge in [-0.05, 0) is 39.3 Å². The van der Waals surface area contributed by atoms with E-state index in [4.69, 9.17) is 0 Å². The average molecular weight is 199 g/mol.